The molecule has 1 aromatic heterocycles. The fourth-order valence-electron chi connectivity index (χ4n) is 2.26. The van der Waals surface area contributed by atoms with Crippen LogP contribution in [0.4, 0.5) is 0 Å². The van der Waals surface area contributed by atoms with E-state index in [0.717, 1.165) is 11.3 Å². The van der Waals surface area contributed by atoms with Crippen LogP contribution in [0.15, 0.2) is 42.7 Å². The highest BCUT2D eigenvalue weighted by Gasteiger charge is 2.21. The number of rotatable bonds is 6. The van der Waals surface area contributed by atoms with Gasteiger partial charge >= 0.3 is 0 Å². The topological polar surface area (TPSA) is 67.2 Å². The minimum atomic E-state index is -0.443. The second-order valence-electron chi connectivity index (χ2n) is 7.13. The van der Waals surface area contributed by atoms with E-state index in [-0.39, 0.29) is 18.2 Å². The predicted molar refractivity (Wildman–Crippen MR) is 97.1 cm³/mol. The van der Waals surface area contributed by atoms with Crippen LogP contribution in [-0.2, 0) is 16.1 Å². The van der Waals surface area contributed by atoms with Gasteiger partial charge in [-0.25, -0.2) is 4.68 Å². The van der Waals surface area contributed by atoms with Crippen molar-refractivity contribution >= 4 is 11.8 Å². The van der Waals surface area contributed by atoms with E-state index in [1.165, 1.54) is 0 Å². The van der Waals surface area contributed by atoms with E-state index < -0.39 is 5.41 Å². The molecular weight excluding hydrogens is 316 g/mol. The van der Waals surface area contributed by atoms with Crippen LogP contribution < -0.4 is 5.32 Å². The van der Waals surface area contributed by atoms with Crippen LogP contribution in [0.1, 0.15) is 32.8 Å². The Balaban J connectivity index is 1.83. The lowest BCUT2D eigenvalue weighted by molar-refractivity contribution is -0.131. The maximum absolute atomic E-state index is 12.2. The second-order valence-corrected chi connectivity index (χ2v) is 7.13. The summed E-state index contributed by atoms with van der Waals surface area (Å²) >= 11 is 0. The number of hydrogen-bond acceptors (Lipinski definition) is 3. The first-order chi connectivity index (χ1) is 11.8. The zero-order chi connectivity index (χ0) is 18.4. The van der Waals surface area contributed by atoms with Gasteiger partial charge in [0.2, 0.25) is 11.8 Å². The average molecular weight is 342 g/mol. The number of nitrogens with one attached hydrogen (secondary N) is 1. The van der Waals surface area contributed by atoms with Crippen LogP contribution in [0.5, 0.6) is 0 Å². The largest absolute Gasteiger partial charge is 0.355 e. The molecule has 134 valence electrons. The number of amides is 2. The summed E-state index contributed by atoms with van der Waals surface area (Å²) in [4.78, 5) is 25.6. The SMILES string of the molecule is CN(Cc1cnn(-c2ccccc2)c1)C(=O)CCNC(=O)C(C)(C)C. The van der Waals surface area contributed by atoms with Gasteiger partial charge in [0.1, 0.15) is 0 Å². The molecule has 1 heterocycles. The van der Waals surface area contributed by atoms with Gasteiger partial charge in [0, 0.05) is 43.7 Å². The summed E-state index contributed by atoms with van der Waals surface area (Å²) < 4.78 is 1.79. The molecular formula is C19H26N4O2. The summed E-state index contributed by atoms with van der Waals surface area (Å²) in [7, 11) is 1.76. The lowest BCUT2D eigenvalue weighted by atomic mass is 9.96. The van der Waals surface area contributed by atoms with Crippen LogP contribution in [0.3, 0.4) is 0 Å². The maximum Gasteiger partial charge on any atom is 0.225 e. The summed E-state index contributed by atoms with van der Waals surface area (Å²) in [6, 6.07) is 9.82. The summed E-state index contributed by atoms with van der Waals surface area (Å²) in [5, 5.41) is 7.13. The first kappa shape index (κ1) is 18.7. The molecule has 0 spiro atoms. The Morgan fingerprint density at radius 1 is 1.20 bits per heavy atom. The van der Waals surface area contributed by atoms with Crippen molar-refractivity contribution in [2.24, 2.45) is 5.41 Å². The van der Waals surface area contributed by atoms with E-state index >= 15 is 0 Å². The van der Waals surface area contributed by atoms with Crippen LogP contribution in [0.2, 0.25) is 0 Å². The van der Waals surface area contributed by atoms with Gasteiger partial charge in [0.05, 0.1) is 11.9 Å². The van der Waals surface area contributed by atoms with Crippen molar-refractivity contribution in [2.45, 2.75) is 33.7 Å². The second kappa shape index (κ2) is 7.96. The van der Waals surface area contributed by atoms with Crippen LogP contribution >= 0.6 is 0 Å². The average Bonchev–Trinajstić information content (AvgIpc) is 3.03. The van der Waals surface area contributed by atoms with E-state index in [0.29, 0.717) is 13.1 Å². The summed E-state index contributed by atoms with van der Waals surface area (Å²) in [6.07, 6.45) is 3.96. The number of benzene rings is 1. The van der Waals surface area contributed by atoms with Gasteiger partial charge in [0.15, 0.2) is 0 Å². The summed E-state index contributed by atoms with van der Waals surface area (Å²) in [6.45, 7) is 6.38. The lowest BCUT2D eigenvalue weighted by Gasteiger charge is -2.19. The van der Waals surface area contributed by atoms with Gasteiger partial charge in [-0.2, -0.15) is 5.10 Å². The number of hydrogen-bond donors (Lipinski definition) is 1. The predicted octanol–water partition coefficient (Wildman–Crippen LogP) is 2.38. The quantitative estimate of drug-likeness (QED) is 0.876. The molecule has 0 bridgehead atoms. The molecule has 1 N–H and O–H groups in total. The number of nitrogens with zero attached hydrogens (tertiary/aromatic N) is 3. The number of carbonyl (C=O) groups is 2. The van der Waals surface area contributed by atoms with E-state index in [4.69, 9.17) is 0 Å². The molecule has 0 radical (unpaired) electrons. The molecule has 0 saturated heterocycles. The minimum absolute atomic E-state index is 0.0123. The van der Waals surface area contributed by atoms with Crippen molar-refractivity contribution in [1.29, 1.82) is 0 Å². The first-order valence-corrected chi connectivity index (χ1v) is 8.38. The summed E-state index contributed by atoms with van der Waals surface area (Å²) in [5.74, 6) is -0.0613. The molecule has 6 nitrogen and oxygen atoms in total. The van der Waals surface area contributed by atoms with E-state index in [9.17, 15) is 9.59 Å². The van der Waals surface area contributed by atoms with Crippen LogP contribution in [0, 0.1) is 5.41 Å². The first-order valence-electron chi connectivity index (χ1n) is 8.38. The monoisotopic (exact) mass is 342 g/mol. The Labute approximate surface area is 148 Å². The highest BCUT2D eigenvalue weighted by Crippen LogP contribution is 2.12. The van der Waals surface area contributed by atoms with Gasteiger partial charge in [-0.3, -0.25) is 9.59 Å². The Hall–Kier alpha value is -2.63. The molecule has 0 saturated carbocycles. The smallest absolute Gasteiger partial charge is 0.225 e. The van der Waals surface area contributed by atoms with Gasteiger partial charge in [-0.1, -0.05) is 39.0 Å². The molecule has 2 rings (SSSR count). The van der Waals surface area contributed by atoms with Crippen LogP contribution in [-0.4, -0.2) is 40.1 Å². The number of aromatic nitrogens is 2. The van der Waals surface area contributed by atoms with Gasteiger partial charge in [-0.05, 0) is 12.1 Å². The Morgan fingerprint density at radius 2 is 1.88 bits per heavy atom. The molecule has 0 fully saturated rings. The maximum atomic E-state index is 12.2. The van der Waals surface area contributed by atoms with E-state index in [1.54, 1.807) is 22.8 Å². The minimum Gasteiger partial charge on any atom is -0.355 e. The lowest BCUT2D eigenvalue weighted by Crippen LogP contribution is -2.37. The molecule has 25 heavy (non-hydrogen) atoms. The highest BCUT2D eigenvalue weighted by molar-refractivity contribution is 5.82. The summed E-state index contributed by atoms with van der Waals surface area (Å²) in [5.41, 5.74) is 1.49. The molecule has 0 unspecified atom stereocenters. The third-order valence-electron chi connectivity index (χ3n) is 3.81. The molecule has 2 aromatic rings. The van der Waals surface area contributed by atoms with Gasteiger partial charge in [0.25, 0.3) is 0 Å². The fraction of sp³-hybridized carbons (Fsp3) is 0.421. The highest BCUT2D eigenvalue weighted by atomic mass is 16.2. The van der Waals surface area contributed by atoms with Crippen molar-refractivity contribution in [3.8, 4) is 5.69 Å². The third-order valence-corrected chi connectivity index (χ3v) is 3.81. The fourth-order valence-corrected chi connectivity index (χ4v) is 2.26. The van der Waals surface area contributed by atoms with Crippen molar-refractivity contribution in [2.75, 3.05) is 13.6 Å². The molecule has 1 aromatic carbocycles. The van der Waals surface area contributed by atoms with Crippen molar-refractivity contribution in [3.05, 3.63) is 48.3 Å². The molecule has 6 heteroatoms. The Morgan fingerprint density at radius 3 is 2.52 bits per heavy atom. The molecule has 0 aliphatic carbocycles. The van der Waals surface area contributed by atoms with Crippen molar-refractivity contribution in [1.82, 2.24) is 20.0 Å². The molecule has 0 aliphatic heterocycles. The molecule has 0 aliphatic rings. The van der Waals surface area contributed by atoms with E-state index in [1.807, 2.05) is 57.3 Å². The van der Waals surface area contributed by atoms with Gasteiger partial charge < -0.3 is 10.2 Å². The molecule has 2 amide bonds. The van der Waals surface area contributed by atoms with E-state index in [2.05, 4.69) is 10.4 Å². The zero-order valence-corrected chi connectivity index (χ0v) is 15.3. The molecule has 0 atom stereocenters. The Kier molecular flexibility index (Phi) is 5.96. The number of carbonyl (C=O) groups excluding carboxylic acids is 2. The third kappa shape index (κ3) is 5.45. The van der Waals surface area contributed by atoms with Crippen molar-refractivity contribution < 1.29 is 9.59 Å². The normalized spacial score (nSPS) is 11.2. The van der Waals surface area contributed by atoms with Crippen molar-refractivity contribution in [3.63, 3.8) is 0 Å². The Bertz CT molecular complexity index is 717. The van der Waals surface area contributed by atoms with Crippen LogP contribution in [0.25, 0.3) is 5.69 Å². The number of para-hydroxylation sites is 1. The standard InChI is InChI=1S/C19H26N4O2/c1-19(2,3)18(25)20-11-10-17(24)22(4)13-15-12-21-23(14-15)16-8-6-5-7-9-16/h5-9,12,14H,10-11,13H2,1-4H3,(H,20,25). The van der Waals surface area contributed by atoms with Gasteiger partial charge in [-0.15, -0.1) is 0 Å². The zero-order valence-electron chi connectivity index (χ0n) is 15.3.